The Balaban J connectivity index is 1.28. The SMILES string of the molecule is O=C(O)C1CC2(C1)CC(C(=O)N1CCN(c3ccc(F)cc3F)CC1)C2. The predicted molar refractivity (Wildman–Crippen MR) is 90.7 cm³/mol. The van der Waals surface area contributed by atoms with Crippen LogP contribution in [-0.2, 0) is 9.59 Å². The van der Waals surface area contributed by atoms with E-state index in [1.807, 2.05) is 9.80 Å². The molecule has 7 heteroatoms. The fourth-order valence-corrected chi connectivity index (χ4v) is 4.82. The van der Waals surface area contributed by atoms with Crippen molar-refractivity contribution in [1.29, 1.82) is 0 Å². The molecule has 140 valence electrons. The Kier molecular flexibility index (Phi) is 4.12. The Morgan fingerprint density at radius 3 is 2.19 bits per heavy atom. The van der Waals surface area contributed by atoms with Gasteiger partial charge in [-0.05, 0) is 43.2 Å². The first-order chi connectivity index (χ1) is 12.4. The molecule has 4 rings (SSSR count). The zero-order chi connectivity index (χ0) is 18.5. The maximum atomic E-state index is 13.9. The lowest BCUT2D eigenvalue weighted by molar-refractivity contribution is -0.164. The molecule has 3 aliphatic rings. The van der Waals surface area contributed by atoms with Crippen LogP contribution >= 0.6 is 0 Å². The van der Waals surface area contributed by atoms with E-state index >= 15 is 0 Å². The van der Waals surface area contributed by atoms with Gasteiger partial charge in [0.25, 0.3) is 0 Å². The molecule has 0 bridgehead atoms. The van der Waals surface area contributed by atoms with Gasteiger partial charge in [-0.1, -0.05) is 0 Å². The van der Waals surface area contributed by atoms with Crippen LogP contribution in [0.15, 0.2) is 18.2 Å². The van der Waals surface area contributed by atoms with Gasteiger partial charge in [0, 0.05) is 38.2 Å². The van der Waals surface area contributed by atoms with E-state index in [9.17, 15) is 18.4 Å². The van der Waals surface area contributed by atoms with Crippen molar-refractivity contribution >= 4 is 17.6 Å². The number of carboxylic acids is 1. The third-order valence-corrected chi connectivity index (χ3v) is 6.26. The second kappa shape index (κ2) is 6.21. The molecule has 2 aliphatic carbocycles. The number of carboxylic acid groups (broad SMARTS) is 1. The number of carbonyl (C=O) groups excluding carboxylic acids is 1. The second-order valence-corrected chi connectivity index (χ2v) is 7.96. The molecule has 1 spiro atoms. The average molecular weight is 364 g/mol. The van der Waals surface area contributed by atoms with Crippen LogP contribution in [0.3, 0.4) is 0 Å². The molecule has 1 saturated heterocycles. The summed E-state index contributed by atoms with van der Waals surface area (Å²) in [6.45, 7) is 2.09. The van der Waals surface area contributed by atoms with Crippen molar-refractivity contribution in [2.24, 2.45) is 17.3 Å². The van der Waals surface area contributed by atoms with Crippen molar-refractivity contribution in [3.8, 4) is 0 Å². The minimum Gasteiger partial charge on any atom is -0.481 e. The summed E-state index contributed by atoms with van der Waals surface area (Å²) < 4.78 is 26.9. The van der Waals surface area contributed by atoms with Crippen LogP contribution in [0.1, 0.15) is 25.7 Å². The summed E-state index contributed by atoms with van der Waals surface area (Å²) in [6.07, 6.45) is 2.98. The van der Waals surface area contributed by atoms with Crippen LogP contribution in [-0.4, -0.2) is 48.1 Å². The summed E-state index contributed by atoms with van der Waals surface area (Å²) in [5.74, 6) is -2.01. The maximum Gasteiger partial charge on any atom is 0.306 e. The van der Waals surface area contributed by atoms with E-state index in [2.05, 4.69) is 0 Å². The van der Waals surface area contributed by atoms with Gasteiger partial charge < -0.3 is 14.9 Å². The minimum atomic E-state index is -0.727. The predicted octanol–water partition coefficient (Wildman–Crippen LogP) is 2.50. The molecule has 1 heterocycles. The van der Waals surface area contributed by atoms with Crippen molar-refractivity contribution in [2.45, 2.75) is 25.7 Å². The molecule has 3 fully saturated rings. The summed E-state index contributed by atoms with van der Waals surface area (Å²) in [7, 11) is 0. The number of rotatable bonds is 3. The monoisotopic (exact) mass is 364 g/mol. The molecular formula is C19H22F2N2O3. The van der Waals surface area contributed by atoms with E-state index in [1.54, 1.807) is 0 Å². The van der Waals surface area contributed by atoms with Gasteiger partial charge >= 0.3 is 5.97 Å². The highest BCUT2D eigenvalue weighted by Crippen LogP contribution is 2.61. The van der Waals surface area contributed by atoms with Crippen LogP contribution in [0.4, 0.5) is 14.5 Å². The van der Waals surface area contributed by atoms with Gasteiger partial charge in [0.2, 0.25) is 5.91 Å². The molecule has 2 saturated carbocycles. The average Bonchev–Trinajstić information content (AvgIpc) is 2.52. The Morgan fingerprint density at radius 1 is 1.00 bits per heavy atom. The molecule has 1 aromatic carbocycles. The minimum absolute atomic E-state index is 0.00106. The first kappa shape index (κ1) is 17.2. The summed E-state index contributed by atoms with van der Waals surface area (Å²) in [5, 5.41) is 8.99. The summed E-state index contributed by atoms with van der Waals surface area (Å²) in [5.41, 5.74) is 0.456. The Bertz CT molecular complexity index is 732. The third kappa shape index (κ3) is 2.93. The van der Waals surface area contributed by atoms with E-state index in [0.29, 0.717) is 44.7 Å². The molecular weight excluding hydrogens is 342 g/mol. The van der Waals surface area contributed by atoms with Gasteiger partial charge in [-0.3, -0.25) is 9.59 Å². The van der Waals surface area contributed by atoms with Crippen LogP contribution in [0, 0.1) is 28.9 Å². The number of amides is 1. The third-order valence-electron chi connectivity index (χ3n) is 6.26. The molecule has 0 unspecified atom stereocenters. The molecule has 0 radical (unpaired) electrons. The lowest BCUT2D eigenvalue weighted by atomic mass is 9.48. The smallest absolute Gasteiger partial charge is 0.306 e. The zero-order valence-electron chi connectivity index (χ0n) is 14.5. The molecule has 1 aromatic rings. The highest BCUT2D eigenvalue weighted by molar-refractivity contribution is 5.81. The van der Waals surface area contributed by atoms with Crippen LogP contribution in [0.25, 0.3) is 0 Å². The molecule has 26 heavy (non-hydrogen) atoms. The Hall–Kier alpha value is -2.18. The molecule has 1 aliphatic heterocycles. The summed E-state index contributed by atoms with van der Waals surface area (Å²) >= 11 is 0. The maximum absolute atomic E-state index is 13.9. The first-order valence-corrected chi connectivity index (χ1v) is 9.08. The lowest BCUT2D eigenvalue weighted by Crippen LogP contribution is -2.57. The largest absolute Gasteiger partial charge is 0.481 e. The normalized spacial score (nSPS) is 30.7. The van der Waals surface area contributed by atoms with Crippen molar-refractivity contribution in [3.63, 3.8) is 0 Å². The lowest BCUT2D eigenvalue weighted by Gasteiger charge is -2.56. The molecule has 1 amide bonds. The van der Waals surface area contributed by atoms with Crippen LogP contribution < -0.4 is 4.90 Å². The van der Waals surface area contributed by atoms with Crippen molar-refractivity contribution in [2.75, 3.05) is 31.1 Å². The van der Waals surface area contributed by atoms with Crippen LogP contribution in [0.2, 0.25) is 0 Å². The number of benzene rings is 1. The molecule has 5 nitrogen and oxygen atoms in total. The van der Waals surface area contributed by atoms with E-state index in [-0.39, 0.29) is 23.2 Å². The first-order valence-electron chi connectivity index (χ1n) is 9.08. The number of piperazine rings is 1. The molecule has 0 aromatic heterocycles. The number of nitrogens with zero attached hydrogens (tertiary/aromatic N) is 2. The Labute approximate surface area is 150 Å². The number of aliphatic carboxylic acids is 1. The van der Waals surface area contributed by atoms with Gasteiger partial charge in [-0.2, -0.15) is 0 Å². The topological polar surface area (TPSA) is 60.9 Å². The van der Waals surface area contributed by atoms with Gasteiger partial charge in [0.15, 0.2) is 0 Å². The van der Waals surface area contributed by atoms with Crippen LogP contribution in [0.5, 0.6) is 0 Å². The number of hydrogen-bond acceptors (Lipinski definition) is 3. The number of hydrogen-bond donors (Lipinski definition) is 1. The van der Waals surface area contributed by atoms with Gasteiger partial charge in [0.1, 0.15) is 11.6 Å². The number of anilines is 1. The van der Waals surface area contributed by atoms with Crippen molar-refractivity contribution < 1.29 is 23.5 Å². The van der Waals surface area contributed by atoms with Gasteiger partial charge in [-0.15, -0.1) is 0 Å². The fraction of sp³-hybridized carbons (Fsp3) is 0.579. The molecule has 0 atom stereocenters. The highest BCUT2D eigenvalue weighted by atomic mass is 19.1. The van der Waals surface area contributed by atoms with E-state index in [4.69, 9.17) is 5.11 Å². The summed E-state index contributed by atoms with van der Waals surface area (Å²) in [6, 6.07) is 3.56. The Morgan fingerprint density at radius 2 is 1.62 bits per heavy atom. The van der Waals surface area contributed by atoms with E-state index in [1.165, 1.54) is 12.1 Å². The highest BCUT2D eigenvalue weighted by Gasteiger charge is 2.57. The fourth-order valence-electron chi connectivity index (χ4n) is 4.82. The van der Waals surface area contributed by atoms with E-state index in [0.717, 1.165) is 18.9 Å². The second-order valence-electron chi connectivity index (χ2n) is 7.96. The van der Waals surface area contributed by atoms with E-state index < -0.39 is 17.6 Å². The summed E-state index contributed by atoms with van der Waals surface area (Å²) in [4.78, 5) is 27.2. The van der Waals surface area contributed by atoms with Crippen molar-refractivity contribution in [3.05, 3.63) is 29.8 Å². The number of carbonyl (C=O) groups is 2. The quantitative estimate of drug-likeness (QED) is 0.895. The van der Waals surface area contributed by atoms with Gasteiger partial charge in [0.05, 0.1) is 11.6 Å². The van der Waals surface area contributed by atoms with Crippen molar-refractivity contribution in [1.82, 2.24) is 4.90 Å². The molecule has 1 N–H and O–H groups in total. The standard InChI is InChI=1S/C19H22F2N2O3/c20-14-1-2-16(15(21)7-14)22-3-5-23(6-4-22)17(24)12-8-19(9-12)10-13(11-19)18(25)26/h1-2,7,12-13H,3-6,8-11H2,(H,25,26). The van der Waals surface area contributed by atoms with Gasteiger partial charge in [-0.25, -0.2) is 8.78 Å². The zero-order valence-corrected chi connectivity index (χ0v) is 14.5. The number of halogens is 2.